The van der Waals surface area contributed by atoms with Gasteiger partial charge in [-0.15, -0.1) is 0 Å². The summed E-state index contributed by atoms with van der Waals surface area (Å²) in [6.45, 7) is 0.958. The Balaban J connectivity index is 1.46. The van der Waals surface area contributed by atoms with Crippen LogP contribution in [0.3, 0.4) is 0 Å². The Morgan fingerprint density at radius 3 is 2.11 bits per heavy atom. The van der Waals surface area contributed by atoms with Gasteiger partial charge in [0, 0.05) is 12.1 Å². The van der Waals surface area contributed by atoms with E-state index >= 15 is 0 Å². The molecule has 2 aliphatic heterocycles. The van der Waals surface area contributed by atoms with E-state index in [1.54, 1.807) is 6.07 Å². The van der Waals surface area contributed by atoms with Crippen molar-refractivity contribution >= 4 is 11.9 Å². The second kappa shape index (κ2) is 14.1. The fourth-order valence-electron chi connectivity index (χ4n) is 4.75. The Bertz CT molecular complexity index is 1330. The standard InChI is InChI=1S/C29H36O15/c1-12-22(33)24(35)26(37)28(42-12)41-11-20-23(34)25(36)27(38)29(44-20)43-14-9-17(32)21(19(10-14)40-3)15(30)6-4-13-5-7-18(39-2)16(31)8-13/h4-10,12,20,22-29,31-38H,11H2,1-3H3/t12-,20+,22-,23+,24+,25-,26+,27+,28-,29?/m0/s1. The summed E-state index contributed by atoms with van der Waals surface area (Å²) in [5, 5.41) is 82.0. The molecule has 0 amide bonds. The number of phenols is 2. The molecule has 0 aliphatic carbocycles. The van der Waals surface area contributed by atoms with Crippen molar-refractivity contribution in [1.29, 1.82) is 0 Å². The fourth-order valence-corrected chi connectivity index (χ4v) is 4.75. The number of ether oxygens (including phenoxy) is 6. The van der Waals surface area contributed by atoms with Crippen LogP contribution >= 0.6 is 0 Å². The van der Waals surface area contributed by atoms with Gasteiger partial charge >= 0.3 is 0 Å². The molecule has 2 heterocycles. The molecule has 0 bridgehead atoms. The summed E-state index contributed by atoms with van der Waals surface area (Å²) in [6.07, 6.45) is -12.4. The summed E-state index contributed by atoms with van der Waals surface area (Å²) in [4.78, 5) is 12.9. The Morgan fingerprint density at radius 2 is 1.45 bits per heavy atom. The third-order valence-corrected chi connectivity index (χ3v) is 7.31. The average Bonchev–Trinajstić information content (AvgIpc) is 3.00. The number of ketones is 1. The molecule has 2 aliphatic rings. The van der Waals surface area contributed by atoms with E-state index in [1.165, 1.54) is 45.4 Å². The summed E-state index contributed by atoms with van der Waals surface area (Å²) < 4.78 is 32.3. The molecule has 10 atom stereocenters. The molecule has 0 saturated carbocycles. The number of carbonyl (C=O) groups is 1. The molecule has 8 N–H and O–H groups in total. The van der Waals surface area contributed by atoms with E-state index in [-0.39, 0.29) is 28.6 Å². The van der Waals surface area contributed by atoms with Crippen molar-refractivity contribution in [3.05, 3.63) is 47.5 Å². The largest absolute Gasteiger partial charge is 0.507 e. The molecule has 0 aromatic heterocycles. The molecule has 2 fully saturated rings. The molecule has 2 saturated heterocycles. The number of rotatable bonds is 10. The van der Waals surface area contributed by atoms with Crippen LogP contribution in [-0.4, -0.2) is 129 Å². The highest BCUT2D eigenvalue weighted by atomic mass is 16.7. The van der Waals surface area contributed by atoms with Gasteiger partial charge < -0.3 is 69.3 Å². The van der Waals surface area contributed by atoms with Crippen molar-refractivity contribution < 1.29 is 74.1 Å². The SMILES string of the molecule is COc1ccc(C=CC(=O)c2c(O)cc(OC3O[C@H](CO[C@H]4O[C@@H](C)[C@H](O)[C@@H](O)[C@H]4O)[C@@H](O)[C@H](O)[C@H]3O)cc2OC)cc1O. The van der Waals surface area contributed by atoms with Gasteiger partial charge in [-0.25, -0.2) is 0 Å². The summed E-state index contributed by atoms with van der Waals surface area (Å²) in [5.41, 5.74) is 0.263. The molecule has 0 spiro atoms. The number of hydrogen-bond acceptors (Lipinski definition) is 15. The molecule has 4 rings (SSSR count). The second-order valence-electron chi connectivity index (χ2n) is 10.3. The van der Waals surface area contributed by atoms with Crippen LogP contribution in [0.25, 0.3) is 6.08 Å². The lowest BCUT2D eigenvalue weighted by Crippen LogP contribution is -2.61. The molecule has 0 radical (unpaired) electrons. The number of aromatic hydroxyl groups is 2. The molecule has 44 heavy (non-hydrogen) atoms. The van der Waals surface area contributed by atoms with Crippen LogP contribution in [0, 0.1) is 0 Å². The maximum Gasteiger partial charge on any atom is 0.229 e. The lowest BCUT2D eigenvalue weighted by molar-refractivity contribution is -0.318. The monoisotopic (exact) mass is 624 g/mol. The van der Waals surface area contributed by atoms with E-state index in [2.05, 4.69) is 0 Å². The molecular weight excluding hydrogens is 588 g/mol. The first-order valence-corrected chi connectivity index (χ1v) is 13.5. The summed E-state index contributed by atoms with van der Waals surface area (Å²) in [5.74, 6) is -1.31. The van der Waals surface area contributed by atoms with E-state index < -0.39 is 79.6 Å². The van der Waals surface area contributed by atoms with Crippen LogP contribution < -0.4 is 14.2 Å². The second-order valence-corrected chi connectivity index (χ2v) is 10.3. The highest BCUT2D eigenvalue weighted by molar-refractivity contribution is 6.10. The van der Waals surface area contributed by atoms with Gasteiger partial charge in [0.1, 0.15) is 65.5 Å². The molecular formula is C29H36O15. The molecule has 15 nitrogen and oxygen atoms in total. The molecule has 1 unspecified atom stereocenters. The third-order valence-electron chi connectivity index (χ3n) is 7.31. The highest BCUT2D eigenvalue weighted by Crippen LogP contribution is 2.36. The van der Waals surface area contributed by atoms with Gasteiger partial charge in [0.05, 0.1) is 26.9 Å². The van der Waals surface area contributed by atoms with Crippen LogP contribution in [0.2, 0.25) is 0 Å². The molecule has 242 valence electrons. The van der Waals surface area contributed by atoms with Gasteiger partial charge in [-0.2, -0.15) is 0 Å². The lowest BCUT2D eigenvalue weighted by Gasteiger charge is -2.42. The van der Waals surface area contributed by atoms with Crippen LogP contribution in [0.4, 0.5) is 0 Å². The van der Waals surface area contributed by atoms with Crippen molar-refractivity contribution in [3.63, 3.8) is 0 Å². The van der Waals surface area contributed by atoms with E-state index in [4.69, 9.17) is 28.4 Å². The van der Waals surface area contributed by atoms with Crippen molar-refractivity contribution in [2.75, 3.05) is 20.8 Å². The Hall–Kier alpha value is -3.51. The summed E-state index contributed by atoms with van der Waals surface area (Å²) >= 11 is 0. The lowest BCUT2D eigenvalue weighted by atomic mass is 9.98. The van der Waals surface area contributed by atoms with E-state index in [0.717, 1.165) is 12.1 Å². The number of hydrogen-bond donors (Lipinski definition) is 8. The zero-order chi connectivity index (χ0) is 32.3. The minimum absolute atomic E-state index is 0.101. The third kappa shape index (κ3) is 7.07. The minimum atomic E-state index is -1.77. The van der Waals surface area contributed by atoms with Gasteiger partial charge in [-0.1, -0.05) is 12.1 Å². The van der Waals surface area contributed by atoms with Crippen LogP contribution in [0.1, 0.15) is 22.8 Å². The zero-order valence-corrected chi connectivity index (χ0v) is 24.0. The topological polar surface area (TPSA) is 234 Å². The van der Waals surface area contributed by atoms with Gasteiger partial charge in [0.15, 0.2) is 23.6 Å². The van der Waals surface area contributed by atoms with Crippen molar-refractivity contribution in [1.82, 2.24) is 0 Å². The number of benzene rings is 2. The van der Waals surface area contributed by atoms with Gasteiger partial charge in [0.25, 0.3) is 0 Å². The number of methoxy groups -OCH3 is 2. The van der Waals surface area contributed by atoms with Crippen molar-refractivity contribution in [2.45, 2.75) is 68.3 Å². The first-order chi connectivity index (χ1) is 20.9. The summed E-state index contributed by atoms with van der Waals surface area (Å²) in [6, 6.07) is 6.80. The predicted molar refractivity (Wildman–Crippen MR) is 148 cm³/mol. The average molecular weight is 625 g/mol. The molecule has 2 aromatic carbocycles. The number of aliphatic hydroxyl groups excluding tert-OH is 6. The van der Waals surface area contributed by atoms with Crippen molar-refractivity contribution in [3.8, 4) is 28.7 Å². The van der Waals surface area contributed by atoms with Gasteiger partial charge in [0.2, 0.25) is 6.29 Å². The van der Waals surface area contributed by atoms with Gasteiger partial charge in [-0.3, -0.25) is 4.79 Å². The fraction of sp³-hybridized carbons (Fsp3) is 0.483. The first-order valence-electron chi connectivity index (χ1n) is 13.5. The van der Waals surface area contributed by atoms with E-state index in [9.17, 15) is 45.6 Å². The van der Waals surface area contributed by atoms with Crippen LogP contribution in [-0.2, 0) is 14.2 Å². The van der Waals surface area contributed by atoms with E-state index in [1.807, 2.05) is 0 Å². The van der Waals surface area contributed by atoms with Gasteiger partial charge in [-0.05, 0) is 30.7 Å². The highest BCUT2D eigenvalue weighted by Gasteiger charge is 2.47. The number of phenolic OH excluding ortho intramolecular Hbond substituents is 2. The maximum atomic E-state index is 12.9. The number of allylic oxidation sites excluding steroid dienone is 1. The van der Waals surface area contributed by atoms with Crippen molar-refractivity contribution in [2.24, 2.45) is 0 Å². The smallest absolute Gasteiger partial charge is 0.229 e. The number of carbonyl (C=O) groups excluding carboxylic acids is 1. The van der Waals surface area contributed by atoms with E-state index in [0.29, 0.717) is 5.56 Å². The molecule has 15 heteroatoms. The normalized spacial score (nSPS) is 32.4. The maximum absolute atomic E-state index is 12.9. The quantitative estimate of drug-likeness (QED) is 0.117. The zero-order valence-electron chi connectivity index (χ0n) is 24.0. The summed E-state index contributed by atoms with van der Waals surface area (Å²) in [7, 11) is 2.65. The minimum Gasteiger partial charge on any atom is -0.507 e. The Kier molecular flexibility index (Phi) is 10.7. The van der Waals surface area contributed by atoms with Crippen LogP contribution in [0.5, 0.6) is 28.7 Å². The molecule has 2 aromatic rings. The first kappa shape index (κ1) is 33.4. The number of aliphatic hydroxyl groups is 6. The Labute approximate surface area is 251 Å². The van der Waals surface area contributed by atoms with Crippen LogP contribution in [0.15, 0.2) is 36.4 Å². The predicted octanol–water partition coefficient (Wildman–Crippen LogP) is -0.958. The Morgan fingerprint density at radius 1 is 0.795 bits per heavy atom.